The predicted molar refractivity (Wildman–Crippen MR) is 370 cm³/mol. The van der Waals surface area contributed by atoms with Crippen LogP contribution in [0.1, 0.15) is 438 Å². The van der Waals surface area contributed by atoms with Crippen molar-refractivity contribution >= 4 is 11.9 Å². The molecule has 498 valence electrons. The summed E-state index contributed by atoms with van der Waals surface area (Å²) in [6.07, 6.45) is 94.4. The summed E-state index contributed by atoms with van der Waals surface area (Å²) in [4.78, 5) is 24.6. The summed E-state index contributed by atoms with van der Waals surface area (Å²) < 4.78 is 5.49. The van der Waals surface area contributed by atoms with Gasteiger partial charge >= 0.3 is 5.97 Å². The number of carbonyl (C=O) groups is 2. The van der Waals surface area contributed by atoms with Crippen molar-refractivity contribution in [2.75, 3.05) is 13.2 Å². The molecule has 0 saturated carbocycles. The minimum atomic E-state index is -0.842. The van der Waals surface area contributed by atoms with Crippen LogP contribution in [-0.4, -0.2) is 47.4 Å². The number of hydrogen-bond donors (Lipinski definition) is 3. The first-order valence-electron chi connectivity index (χ1n) is 38.6. The molecule has 84 heavy (non-hydrogen) atoms. The standard InChI is InChI=1S/C78H151NO5/c1-3-5-7-9-11-13-15-17-18-19-41-44-47-50-54-58-62-66-70-76(81)75(74-80)79-77(82)71-67-63-59-55-51-48-45-42-39-37-35-33-31-29-27-25-23-21-20-22-24-26-28-30-32-34-36-38-40-43-46-49-53-57-61-65-69-73-84-78(83)72-68-64-60-56-52-16-14-12-10-8-6-4-2/h20,22,66,70,75-76,80-81H,3-19,21,23-65,67-69,71-74H2,1-2H3,(H,79,82)/b22-20-,70-66+. The smallest absolute Gasteiger partial charge is 0.305 e. The number of allylic oxidation sites excluding steroid dienone is 3. The lowest BCUT2D eigenvalue weighted by Gasteiger charge is -2.20. The van der Waals surface area contributed by atoms with Crippen LogP contribution in [0.3, 0.4) is 0 Å². The number of nitrogens with one attached hydrogen (secondary N) is 1. The number of aliphatic hydroxyl groups excluding tert-OH is 2. The van der Waals surface area contributed by atoms with Crippen LogP contribution in [0.15, 0.2) is 24.3 Å². The number of aliphatic hydroxyl groups is 2. The van der Waals surface area contributed by atoms with Gasteiger partial charge in [-0.25, -0.2) is 0 Å². The second-order valence-corrected chi connectivity index (χ2v) is 26.7. The molecule has 0 aromatic carbocycles. The van der Waals surface area contributed by atoms with Crippen LogP contribution in [0.25, 0.3) is 0 Å². The number of unbranched alkanes of at least 4 members (excludes halogenated alkanes) is 60. The summed E-state index contributed by atoms with van der Waals surface area (Å²) >= 11 is 0. The fourth-order valence-corrected chi connectivity index (χ4v) is 12.3. The predicted octanol–water partition coefficient (Wildman–Crippen LogP) is 25.3. The maximum atomic E-state index is 12.5. The first-order chi connectivity index (χ1) is 41.5. The Hall–Kier alpha value is -1.66. The molecule has 0 aliphatic carbocycles. The number of amides is 1. The van der Waals surface area contributed by atoms with Gasteiger partial charge in [0.1, 0.15) is 0 Å². The molecule has 2 atom stereocenters. The highest BCUT2D eigenvalue weighted by atomic mass is 16.5. The van der Waals surface area contributed by atoms with Gasteiger partial charge in [0.15, 0.2) is 0 Å². The van der Waals surface area contributed by atoms with Gasteiger partial charge in [-0.2, -0.15) is 0 Å². The van der Waals surface area contributed by atoms with Crippen molar-refractivity contribution in [2.24, 2.45) is 0 Å². The topological polar surface area (TPSA) is 95.9 Å². The van der Waals surface area contributed by atoms with E-state index in [0.29, 0.717) is 19.4 Å². The van der Waals surface area contributed by atoms with Gasteiger partial charge < -0.3 is 20.3 Å². The fourth-order valence-electron chi connectivity index (χ4n) is 12.3. The third-order valence-corrected chi connectivity index (χ3v) is 18.2. The molecule has 0 aliphatic rings. The van der Waals surface area contributed by atoms with E-state index in [4.69, 9.17) is 4.74 Å². The Labute approximate surface area is 526 Å². The van der Waals surface area contributed by atoms with Gasteiger partial charge in [-0.15, -0.1) is 0 Å². The molecule has 0 heterocycles. The van der Waals surface area contributed by atoms with Gasteiger partial charge in [-0.05, 0) is 57.8 Å². The number of hydrogen-bond acceptors (Lipinski definition) is 5. The third-order valence-electron chi connectivity index (χ3n) is 18.2. The zero-order valence-corrected chi connectivity index (χ0v) is 57.2. The molecule has 0 saturated heterocycles. The van der Waals surface area contributed by atoms with E-state index < -0.39 is 12.1 Å². The van der Waals surface area contributed by atoms with E-state index in [2.05, 4.69) is 31.3 Å². The van der Waals surface area contributed by atoms with Crippen molar-refractivity contribution in [2.45, 2.75) is 450 Å². The van der Waals surface area contributed by atoms with Gasteiger partial charge in [0.25, 0.3) is 0 Å². The molecule has 3 N–H and O–H groups in total. The van der Waals surface area contributed by atoms with Crippen molar-refractivity contribution in [1.29, 1.82) is 0 Å². The van der Waals surface area contributed by atoms with E-state index in [-0.39, 0.29) is 18.5 Å². The minimum absolute atomic E-state index is 0.0227. The molecule has 0 aromatic rings. The van der Waals surface area contributed by atoms with Crippen LogP contribution >= 0.6 is 0 Å². The Balaban J connectivity index is 3.34. The average Bonchev–Trinajstić information content (AvgIpc) is 3.50. The molecule has 0 fully saturated rings. The summed E-state index contributed by atoms with van der Waals surface area (Å²) in [6.45, 7) is 4.95. The Morgan fingerprint density at radius 2 is 0.560 bits per heavy atom. The normalized spacial score (nSPS) is 12.6. The van der Waals surface area contributed by atoms with Crippen LogP contribution < -0.4 is 5.32 Å². The Kier molecular flexibility index (Phi) is 72.3. The van der Waals surface area contributed by atoms with Gasteiger partial charge in [-0.1, -0.05) is 391 Å². The second-order valence-electron chi connectivity index (χ2n) is 26.7. The van der Waals surface area contributed by atoms with E-state index >= 15 is 0 Å². The lowest BCUT2D eigenvalue weighted by molar-refractivity contribution is -0.143. The van der Waals surface area contributed by atoms with Gasteiger partial charge in [0, 0.05) is 12.8 Å². The molecule has 0 aliphatic heterocycles. The van der Waals surface area contributed by atoms with Crippen molar-refractivity contribution < 1.29 is 24.5 Å². The highest BCUT2D eigenvalue weighted by molar-refractivity contribution is 5.76. The lowest BCUT2D eigenvalue weighted by atomic mass is 10.0. The SMILES string of the molecule is CCCCCCCCCCCCCCCCCC/C=C/C(O)C(CO)NC(=O)CCCCCCCCCCCCCCCCCCC/C=C\CCCCCCCCCCCCCCCCCCOC(=O)CCCCCCCCCCCCCC. The summed E-state index contributed by atoms with van der Waals surface area (Å²) in [5, 5.41) is 23.2. The third kappa shape index (κ3) is 69.4. The zero-order chi connectivity index (χ0) is 60.6. The van der Waals surface area contributed by atoms with Crippen molar-refractivity contribution in [3.8, 4) is 0 Å². The van der Waals surface area contributed by atoms with E-state index in [0.717, 1.165) is 38.5 Å². The molecule has 6 nitrogen and oxygen atoms in total. The van der Waals surface area contributed by atoms with Crippen LogP contribution in [0.2, 0.25) is 0 Å². The van der Waals surface area contributed by atoms with Crippen molar-refractivity contribution in [3.05, 3.63) is 24.3 Å². The minimum Gasteiger partial charge on any atom is -0.466 e. The molecule has 6 heteroatoms. The molecule has 0 aromatic heterocycles. The maximum Gasteiger partial charge on any atom is 0.305 e. The monoisotopic (exact) mass is 1180 g/mol. The molecule has 0 rings (SSSR count). The second kappa shape index (κ2) is 73.8. The van der Waals surface area contributed by atoms with Gasteiger partial charge in [-0.3, -0.25) is 9.59 Å². The van der Waals surface area contributed by atoms with Gasteiger partial charge in [0.05, 0.1) is 25.4 Å². The molecule has 0 bridgehead atoms. The van der Waals surface area contributed by atoms with Crippen molar-refractivity contribution in [1.82, 2.24) is 5.32 Å². The quantitative estimate of drug-likeness (QED) is 0.0320. The first kappa shape index (κ1) is 82.3. The molecular weight excluding hydrogens is 1030 g/mol. The lowest BCUT2D eigenvalue weighted by Crippen LogP contribution is -2.45. The van der Waals surface area contributed by atoms with Crippen LogP contribution in [0.5, 0.6) is 0 Å². The van der Waals surface area contributed by atoms with Crippen LogP contribution in [0.4, 0.5) is 0 Å². The molecule has 1 amide bonds. The van der Waals surface area contributed by atoms with Crippen molar-refractivity contribution in [3.63, 3.8) is 0 Å². The molecule has 0 spiro atoms. The summed E-state index contributed by atoms with van der Waals surface area (Å²) in [6, 6.07) is -0.625. The molecule has 0 radical (unpaired) electrons. The molecular formula is C78H151NO5. The zero-order valence-electron chi connectivity index (χ0n) is 57.2. The van der Waals surface area contributed by atoms with E-state index in [1.54, 1.807) is 6.08 Å². The molecule has 2 unspecified atom stereocenters. The highest BCUT2D eigenvalue weighted by Crippen LogP contribution is 2.20. The van der Waals surface area contributed by atoms with E-state index in [9.17, 15) is 19.8 Å². The Bertz CT molecular complexity index is 1320. The van der Waals surface area contributed by atoms with Crippen LogP contribution in [0, 0.1) is 0 Å². The Morgan fingerprint density at radius 1 is 0.321 bits per heavy atom. The maximum absolute atomic E-state index is 12.5. The largest absolute Gasteiger partial charge is 0.466 e. The summed E-state index contributed by atoms with van der Waals surface area (Å²) in [5.41, 5.74) is 0. The summed E-state index contributed by atoms with van der Waals surface area (Å²) in [7, 11) is 0. The number of carbonyl (C=O) groups excluding carboxylic acids is 2. The number of esters is 1. The first-order valence-corrected chi connectivity index (χ1v) is 38.6. The average molecular weight is 1180 g/mol. The van der Waals surface area contributed by atoms with Crippen LogP contribution in [-0.2, 0) is 14.3 Å². The van der Waals surface area contributed by atoms with E-state index in [1.807, 2.05) is 6.08 Å². The Morgan fingerprint density at radius 3 is 0.845 bits per heavy atom. The highest BCUT2D eigenvalue weighted by Gasteiger charge is 2.18. The number of rotatable bonds is 73. The summed E-state index contributed by atoms with van der Waals surface area (Å²) in [5.74, 6) is -0.0373. The number of ether oxygens (including phenoxy) is 1. The van der Waals surface area contributed by atoms with Gasteiger partial charge in [0.2, 0.25) is 5.91 Å². The van der Waals surface area contributed by atoms with E-state index in [1.165, 1.54) is 372 Å². The fraction of sp³-hybridized carbons (Fsp3) is 0.923.